The minimum absolute atomic E-state index is 0.229. The lowest BCUT2D eigenvalue weighted by Crippen LogP contribution is -3.12. The zero-order valence-corrected chi connectivity index (χ0v) is 15.1. The number of aliphatic hydroxyl groups excluding tert-OH is 1. The first kappa shape index (κ1) is 17.2. The number of nitrogens with zero attached hydrogens (tertiary/aromatic N) is 1. The SMILES string of the molecule is CC[NH+](CC)CC(O)Cn1c2c(c3cc(C)ccc31)CCCC2=O. The minimum Gasteiger partial charge on any atom is -0.385 e. The third kappa shape index (κ3) is 3.13. The number of likely N-dealkylation sites (N-methyl/N-ethyl adjacent to an activating group) is 1. The van der Waals surface area contributed by atoms with Gasteiger partial charge in [0.1, 0.15) is 12.6 Å². The van der Waals surface area contributed by atoms with Crippen LogP contribution >= 0.6 is 0 Å². The van der Waals surface area contributed by atoms with Gasteiger partial charge in [0.05, 0.1) is 25.3 Å². The maximum Gasteiger partial charge on any atom is 0.179 e. The van der Waals surface area contributed by atoms with Crippen molar-refractivity contribution in [2.45, 2.75) is 52.7 Å². The summed E-state index contributed by atoms with van der Waals surface area (Å²) in [6.45, 7) is 9.63. The van der Waals surface area contributed by atoms with Gasteiger partial charge < -0.3 is 14.6 Å². The topological polar surface area (TPSA) is 46.7 Å². The Bertz CT molecular complexity index is 744. The first-order valence-corrected chi connectivity index (χ1v) is 9.21. The summed E-state index contributed by atoms with van der Waals surface area (Å²) in [5.41, 5.74) is 4.34. The maximum absolute atomic E-state index is 12.6. The molecule has 0 saturated carbocycles. The quantitative estimate of drug-likeness (QED) is 0.848. The van der Waals surface area contributed by atoms with Gasteiger partial charge in [-0.25, -0.2) is 0 Å². The molecule has 1 atom stereocenters. The van der Waals surface area contributed by atoms with Crippen LogP contribution in [0, 0.1) is 6.92 Å². The van der Waals surface area contributed by atoms with E-state index >= 15 is 0 Å². The number of aromatic nitrogens is 1. The summed E-state index contributed by atoms with van der Waals surface area (Å²) >= 11 is 0. The molecule has 1 aliphatic carbocycles. The number of benzene rings is 1. The van der Waals surface area contributed by atoms with Crippen LogP contribution in [0.3, 0.4) is 0 Å². The average Bonchev–Trinajstić information content (AvgIpc) is 2.87. The monoisotopic (exact) mass is 329 g/mol. The van der Waals surface area contributed by atoms with Gasteiger partial charge >= 0.3 is 0 Å². The summed E-state index contributed by atoms with van der Waals surface area (Å²) in [7, 11) is 0. The number of hydrogen-bond donors (Lipinski definition) is 2. The summed E-state index contributed by atoms with van der Waals surface area (Å²) < 4.78 is 2.08. The molecule has 1 aliphatic rings. The molecule has 0 saturated heterocycles. The summed E-state index contributed by atoms with van der Waals surface area (Å²) in [4.78, 5) is 14.0. The molecule has 24 heavy (non-hydrogen) atoms. The Labute approximate surface area is 144 Å². The van der Waals surface area contributed by atoms with E-state index in [4.69, 9.17) is 0 Å². The molecule has 1 aromatic carbocycles. The normalized spacial score (nSPS) is 16.0. The fourth-order valence-corrected chi connectivity index (χ4v) is 3.99. The van der Waals surface area contributed by atoms with E-state index in [0.717, 1.165) is 43.7 Å². The van der Waals surface area contributed by atoms with Crippen LogP contribution in [0.2, 0.25) is 0 Å². The number of ketones is 1. The molecule has 0 fully saturated rings. The number of carbonyl (C=O) groups excluding carboxylic acids is 1. The van der Waals surface area contributed by atoms with Crippen LogP contribution in [-0.2, 0) is 13.0 Å². The standard InChI is InChI=1S/C20H28N2O2/c1-4-21(5-2)12-15(23)13-22-18-10-9-14(3)11-17(18)16-7-6-8-19(24)20(16)22/h9-11,15,23H,4-8,12-13H2,1-3H3/p+1. The fourth-order valence-electron chi connectivity index (χ4n) is 3.99. The maximum atomic E-state index is 12.6. The number of rotatable bonds is 6. The second-order valence-corrected chi connectivity index (χ2v) is 7.05. The molecule has 2 N–H and O–H groups in total. The molecular formula is C20H29N2O2+. The highest BCUT2D eigenvalue weighted by atomic mass is 16.3. The first-order chi connectivity index (χ1) is 11.5. The third-order valence-corrected chi connectivity index (χ3v) is 5.34. The molecule has 1 heterocycles. The molecule has 1 aromatic heterocycles. The smallest absolute Gasteiger partial charge is 0.179 e. The molecule has 2 aromatic rings. The van der Waals surface area contributed by atoms with Crippen molar-refractivity contribution in [2.75, 3.05) is 19.6 Å². The van der Waals surface area contributed by atoms with E-state index in [1.807, 2.05) is 0 Å². The summed E-state index contributed by atoms with van der Waals surface area (Å²) in [5, 5.41) is 11.8. The molecule has 0 aliphatic heterocycles. The second kappa shape index (κ2) is 7.08. The first-order valence-electron chi connectivity index (χ1n) is 9.21. The lowest BCUT2D eigenvalue weighted by Gasteiger charge is -2.21. The Hall–Kier alpha value is -1.65. The lowest BCUT2D eigenvalue weighted by atomic mass is 9.94. The molecule has 1 unspecified atom stereocenters. The number of quaternary nitrogens is 1. The Morgan fingerprint density at radius 3 is 2.71 bits per heavy atom. The van der Waals surface area contributed by atoms with Crippen molar-refractivity contribution in [1.82, 2.24) is 4.57 Å². The summed E-state index contributed by atoms with van der Waals surface area (Å²) in [5.74, 6) is 0.229. The van der Waals surface area contributed by atoms with Gasteiger partial charge in [0, 0.05) is 17.3 Å². The number of Topliss-reactive ketones (excluding diaryl/α,β-unsaturated/α-hetero) is 1. The van der Waals surface area contributed by atoms with Crippen molar-refractivity contribution >= 4 is 16.7 Å². The number of nitrogens with one attached hydrogen (secondary N) is 1. The molecule has 0 radical (unpaired) electrons. The predicted molar refractivity (Wildman–Crippen MR) is 96.9 cm³/mol. The fraction of sp³-hybridized carbons (Fsp3) is 0.550. The van der Waals surface area contributed by atoms with E-state index in [2.05, 4.69) is 43.5 Å². The zero-order valence-electron chi connectivity index (χ0n) is 15.1. The van der Waals surface area contributed by atoms with E-state index in [1.165, 1.54) is 21.4 Å². The Balaban J connectivity index is 2.00. The van der Waals surface area contributed by atoms with Crippen molar-refractivity contribution in [3.63, 3.8) is 0 Å². The highest BCUT2D eigenvalue weighted by molar-refractivity contribution is 6.04. The van der Waals surface area contributed by atoms with Gasteiger partial charge in [-0.15, -0.1) is 0 Å². The number of carbonyl (C=O) groups is 1. The number of aliphatic hydroxyl groups is 1. The minimum atomic E-state index is -0.435. The van der Waals surface area contributed by atoms with Gasteiger partial charge in [0.2, 0.25) is 0 Å². The van der Waals surface area contributed by atoms with E-state index in [0.29, 0.717) is 13.0 Å². The van der Waals surface area contributed by atoms with Crippen molar-refractivity contribution < 1.29 is 14.8 Å². The van der Waals surface area contributed by atoms with Crippen LogP contribution in [0.1, 0.15) is 48.3 Å². The highest BCUT2D eigenvalue weighted by Gasteiger charge is 2.27. The molecular weight excluding hydrogens is 300 g/mol. The number of aryl methyl sites for hydroxylation is 2. The summed E-state index contributed by atoms with van der Waals surface area (Å²) in [6, 6.07) is 6.38. The third-order valence-electron chi connectivity index (χ3n) is 5.34. The average molecular weight is 329 g/mol. The van der Waals surface area contributed by atoms with E-state index in [1.54, 1.807) is 0 Å². The van der Waals surface area contributed by atoms with Gasteiger partial charge in [-0.1, -0.05) is 11.6 Å². The van der Waals surface area contributed by atoms with E-state index < -0.39 is 6.10 Å². The Kier molecular flexibility index (Phi) is 5.07. The van der Waals surface area contributed by atoms with Crippen molar-refractivity contribution in [3.05, 3.63) is 35.0 Å². The van der Waals surface area contributed by atoms with Gasteiger partial charge in [-0.2, -0.15) is 0 Å². The van der Waals surface area contributed by atoms with E-state index in [9.17, 15) is 9.90 Å². The molecule has 4 nitrogen and oxygen atoms in total. The molecule has 0 spiro atoms. The van der Waals surface area contributed by atoms with Crippen LogP contribution in [0.5, 0.6) is 0 Å². The Morgan fingerprint density at radius 2 is 2.00 bits per heavy atom. The van der Waals surface area contributed by atoms with Crippen LogP contribution < -0.4 is 4.90 Å². The highest BCUT2D eigenvalue weighted by Crippen LogP contribution is 2.33. The van der Waals surface area contributed by atoms with Gasteiger partial charge in [-0.05, 0) is 51.3 Å². The van der Waals surface area contributed by atoms with Crippen molar-refractivity contribution in [2.24, 2.45) is 0 Å². The molecule has 130 valence electrons. The van der Waals surface area contributed by atoms with Crippen LogP contribution in [0.4, 0.5) is 0 Å². The largest absolute Gasteiger partial charge is 0.385 e. The van der Waals surface area contributed by atoms with Crippen molar-refractivity contribution in [1.29, 1.82) is 0 Å². The van der Waals surface area contributed by atoms with Gasteiger partial charge in [-0.3, -0.25) is 4.79 Å². The van der Waals surface area contributed by atoms with Crippen molar-refractivity contribution in [3.8, 4) is 0 Å². The second-order valence-electron chi connectivity index (χ2n) is 7.05. The molecule has 0 amide bonds. The van der Waals surface area contributed by atoms with Gasteiger partial charge in [0.25, 0.3) is 0 Å². The zero-order chi connectivity index (χ0) is 17.3. The number of fused-ring (bicyclic) bond motifs is 3. The number of hydrogen-bond acceptors (Lipinski definition) is 2. The lowest BCUT2D eigenvalue weighted by molar-refractivity contribution is -0.899. The van der Waals surface area contributed by atoms with Crippen LogP contribution in [0.25, 0.3) is 10.9 Å². The molecule has 0 bridgehead atoms. The summed E-state index contributed by atoms with van der Waals surface area (Å²) in [6.07, 6.45) is 2.09. The predicted octanol–water partition coefficient (Wildman–Crippen LogP) is 1.75. The molecule has 3 rings (SSSR count). The Morgan fingerprint density at radius 1 is 1.25 bits per heavy atom. The van der Waals surface area contributed by atoms with Crippen LogP contribution in [-0.4, -0.2) is 41.2 Å². The van der Waals surface area contributed by atoms with Gasteiger partial charge in [0.15, 0.2) is 5.78 Å². The van der Waals surface area contributed by atoms with Crippen LogP contribution in [0.15, 0.2) is 18.2 Å². The molecule has 4 heteroatoms. The van der Waals surface area contributed by atoms with E-state index in [-0.39, 0.29) is 5.78 Å².